The number of nitrogens with one attached hydrogen (secondary N) is 1. The number of nitrogens with zero attached hydrogens (tertiary/aromatic N) is 2. The van der Waals surface area contributed by atoms with Gasteiger partial charge in [-0.3, -0.25) is 14.6 Å². The molecule has 5 heteroatoms. The van der Waals surface area contributed by atoms with Crippen molar-refractivity contribution in [2.24, 2.45) is 0 Å². The van der Waals surface area contributed by atoms with Crippen LogP contribution in [0.3, 0.4) is 0 Å². The van der Waals surface area contributed by atoms with Crippen molar-refractivity contribution in [1.29, 1.82) is 0 Å². The molecule has 0 aliphatic carbocycles. The molecule has 1 N–H and O–H groups in total. The van der Waals surface area contributed by atoms with Crippen LogP contribution in [-0.2, 0) is 6.54 Å². The van der Waals surface area contributed by atoms with Gasteiger partial charge in [-0.1, -0.05) is 48.5 Å². The SMILES string of the molecule is CCN(Cc1ccccc1)C(=O)c1cc(C(=O)Nc2ccccc2C)ccn1. The molecule has 0 radical (unpaired) electrons. The Kier molecular flexibility index (Phi) is 6.17. The molecule has 3 aromatic rings. The molecule has 3 rings (SSSR count). The van der Waals surface area contributed by atoms with Gasteiger partial charge < -0.3 is 10.2 Å². The van der Waals surface area contributed by atoms with E-state index in [9.17, 15) is 9.59 Å². The van der Waals surface area contributed by atoms with E-state index in [0.717, 1.165) is 16.8 Å². The lowest BCUT2D eigenvalue weighted by atomic mass is 10.1. The predicted molar refractivity (Wildman–Crippen MR) is 110 cm³/mol. The van der Waals surface area contributed by atoms with Crippen LogP contribution < -0.4 is 5.32 Å². The lowest BCUT2D eigenvalue weighted by molar-refractivity contribution is 0.0746. The van der Waals surface area contributed by atoms with Gasteiger partial charge in [0, 0.05) is 30.5 Å². The van der Waals surface area contributed by atoms with E-state index in [0.29, 0.717) is 18.7 Å². The molecule has 28 heavy (non-hydrogen) atoms. The van der Waals surface area contributed by atoms with E-state index in [-0.39, 0.29) is 17.5 Å². The summed E-state index contributed by atoms with van der Waals surface area (Å²) in [6, 6.07) is 20.5. The van der Waals surface area contributed by atoms with Crippen LogP contribution in [0.15, 0.2) is 72.9 Å². The molecule has 0 saturated carbocycles. The van der Waals surface area contributed by atoms with Crippen molar-refractivity contribution < 1.29 is 9.59 Å². The van der Waals surface area contributed by atoms with Gasteiger partial charge in [-0.05, 0) is 43.2 Å². The van der Waals surface area contributed by atoms with Gasteiger partial charge in [0.25, 0.3) is 11.8 Å². The molecular weight excluding hydrogens is 350 g/mol. The third kappa shape index (κ3) is 4.62. The zero-order valence-electron chi connectivity index (χ0n) is 16.1. The lowest BCUT2D eigenvalue weighted by Gasteiger charge is -2.20. The first kappa shape index (κ1) is 19.3. The van der Waals surface area contributed by atoms with E-state index < -0.39 is 0 Å². The summed E-state index contributed by atoms with van der Waals surface area (Å²) in [7, 11) is 0. The Morgan fingerprint density at radius 3 is 2.43 bits per heavy atom. The van der Waals surface area contributed by atoms with E-state index in [4.69, 9.17) is 0 Å². The molecule has 0 saturated heterocycles. The molecule has 142 valence electrons. The number of benzene rings is 2. The first-order valence-electron chi connectivity index (χ1n) is 9.24. The Morgan fingerprint density at radius 2 is 1.71 bits per heavy atom. The van der Waals surface area contributed by atoms with Crippen LogP contribution in [0.5, 0.6) is 0 Å². The number of pyridine rings is 1. The zero-order chi connectivity index (χ0) is 19.9. The number of aromatic nitrogens is 1. The highest BCUT2D eigenvalue weighted by molar-refractivity contribution is 6.06. The largest absolute Gasteiger partial charge is 0.333 e. The van der Waals surface area contributed by atoms with E-state index in [1.807, 2.05) is 68.4 Å². The summed E-state index contributed by atoms with van der Waals surface area (Å²) in [5.74, 6) is -0.464. The first-order chi connectivity index (χ1) is 13.6. The summed E-state index contributed by atoms with van der Waals surface area (Å²) in [5, 5.41) is 2.88. The van der Waals surface area contributed by atoms with Crippen LogP contribution in [0.25, 0.3) is 0 Å². The van der Waals surface area contributed by atoms with Crippen molar-refractivity contribution in [1.82, 2.24) is 9.88 Å². The summed E-state index contributed by atoms with van der Waals surface area (Å²) >= 11 is 0. The second-order valence-electron chi connectivity index (χ2n) is 6.50. The Morgan fingerprint density at radius 1 is 1.00 bits per heavy atom. The maximum atomic E-state index is 12.9. The van der Waals surface area contributed by atoms with Crippen molar-refractivity contribution >= 4 is 17.5 Å². The maximum Gasteiger partial charge on any atom is 0.272 e. The zero-order valence-corrected chi connectivity index (χ0v) is 16.1. The molecular formula is C23H23N3O2. The Bertz CT molecular complexity index is 970. The fourth-order valence-electron chi connectivity index (χ4n) is 2.89. The van der Waals surface area contributed by atoms with Crippen LogP contribution in [0, 0.1) is 6.92 Å². The molecule has 0 atom stereocenters. The van der Waals surface area contributed by atoms with Gasteiger partial charge in [0.1, 0.15) is 5.69 Å². The Hall–Kier alpha value is -3.47. The monoisotopic (exact) mass is 373 g/mol. The molecule has 5 nitrogen and oxygen atoms in total. The van der Waals surface area contributed by atoms with E-state index in [1.165, 1.54) is 6.20 Å². The molecule has 2 amide bonds. The summed E-state index contributed by atoms with van der Waals surface area (Å²) < 4.78 is 0. The molecule has 0 fully saturated rings. The average Bonchev–Trinajstić information content (AvgIpc) is 2.74. The van der Waals surface area contributed by atoms with Gasteiger partial charge in [-0.15, -0.1) is 0 Å². The fraction of sp³-hybridized carbons (Fsp3) is 0.174. The van der Waals surface area contributed by atoms with Crippen molar-refractivity contribution in [2.75, 3.05) is 11.9 Å². The van der Waals surface area contributed by atoms with Crippen LogP contribution in [-0.4, -0.2) is 28.2 Å². The number of carbonyl (C=O) groups excluding carboxylic acids is 2. The number of aryl methyl sites for hydroxylation is 1. The number of hydrogen-bond donors (Lipinski definition) is 1. The van der Waals surface area contributed by atoms with Gasteiger partial charge >= 0.3 is 0 Å². The van der Waals surface area contributed by atoms with E-state index in [2.05, 4.69) is 10.3 Å². The van der Waals surface area contributed by atoms with E-state index >= 15 is 0 Å². The molecule has 0 bridgehead atoms. The lowest BCUT2D eigenvalue weighted by Crippen LogP contribution is -2.31. The number of rotatable bonds is 6. The fourth-order valence-corrected chi connectivity index (χ4v) is 2.89. The Balaban J connectivity index is 1.77. The third-order valence-electron chi connectivity index (χ3n) is 4.52. The van der Waals surface area contributed by atoms with Gasteiger partial charge in [0.05, 0.1) is 0 Å². The average molecular weight is 373 g/mol. The molecule has 2 aromatic carbocycles. The molecule has 0 aliphatic heterocycles. The predicted octanol–water partition coefficient (Wildman–Crippen LogP) is 4.30. The Labute approximate surface area is 165 Å². The minimum atomic E-state index is -0.267. The number of hydrogen-bond acceptors (Lipinski definition) is 3. The van der Waals surface area contributed by atoms with Crippen molar-refractivity contribution in [2.45, 2.75) is 20.4 Å². The summed E-state index contributed by atoms with van der Waals surface area (Å²) in [5.41, 5.74) is 3.43. The number of para-hydroxylation sites is 1. The van der Waals surface area contributed by atoms with Crippen molar-refractivity contribution in [3.05, 3.63) is 95.3 Å². The number of amides is 2. The highest BCUT2D eigenvalue weighted by Crippen LogP contribution is 2.15. The smallest absolute Gasteiger partial charge is 0.272 e. The number of carbonyl (C=O) groups is 2. The minimum absolute atomic E-state index is 0.197. The molecule has 0 unspecified atom stereocenters. The second kappa shape index (κ2) is 8.95. The third-order valence-corrected chi connectivity index (χ3v) is 4.52. The first-order valence-corrected chi connectivity index (χ1v) is 9.24. The van der Waals surface area contributed by atoms with Crippen LogP contribution >= 0.6 is 0 Å². The second-order valence-corrected chi connectivity index (χ2v) is 6.50. The highest BCUT2D eigenvalue weighted by Gasteiger charge is 2.18. The summed E-state index contributed by atoms with van der Waals surface area (Å²) in [6.07, 6.45) is 1.50. The topological polar surface area (TPSA) is 62.3 Å². The van der Waals surface area contributed by atoms with Gasteiger partial charge in [-0.25, -0.2) is 0 Å². The quantitative estimate of drug-likeness (QED) is 0.700. The van der Waals surface area contributed by atoms with E-state index in [1.54, 1.807) is 17.0 Å². The van der Waals surface area contributed by atoms with Crippen molar-refractivity contribution in [3.63, 3.8) is 0 Å². The van der Waals surface area contributed by atoms with Crippen LogP contribution in [0.4, 0.5) is 5.69 Å². The van der Waals surface area contributed by atoms with Gasteiger partial charge in [-0.2, -0.15) is 0 Å². The van der Waals surface area contributed by atoms with Crippen molar-refractivity contribution in [3.8, 4) is 0 Å². The maximum absolute atomic E-state index is 12.9. The van der Waals surface area contributed by atoms with Crippen LogP contribution in [0.1, 0.15) is 38.9 Å². The standard InChI is InChI=1S/C23H23N3O2/c1-3-26(16-18-10-5-4-6-11-18)23(28)21-15-19(13-14-24-21)22(27)25-20-12-8-7-9-17(20)2/h4-15H,3,16H2,1-2H3,(H,25,27). The molecule has 1 heterocycles. The summed E-state index contributed by atoms with van der Waals surface area (Å²) in [6.45, 7) is 4.90. The molecule has 1 aromatic heterocycles. The van der Waals surface area contributed by atoms with Gasteiger partial charge in [0.15, 0.2) is 0 Å². The molecule has 0 aliphatic rings. The normalized spacial score (nSPS) is 10.4. The summed E-state index contributed by atoms with van der Waals surface area (Å²) in [4.78, 5) is 31.4. The van der Waals surface area contributed by atoms with Crippen LogP contribution in [0.2, 0.25) is 0 Å². The minimum Gasteiger partial charge on any atom is -0.333 e. The highest BCUT2D eigenvalue weighted by atomic mass is 16.2. The van der Waals surface area contributed by atoms with Gasteiger partial charge in [0.2, 0.25) is 0 Å². The number of anilines is 1. The molecule has 0 spiro atoms.